The average Bonchev–Trinajstić information content (AvgIpc) is 2.52. The number of carbonyl (C=O) groups is 1. The topological polar surface area (TPSA) is 35.5 Å². The Morgan fingerprint density at radius 3 is 2.17 bits per heavy atom. The number of aryl methyl sites for hydroxylation is 4. The molecule has 0 spiro atoms. The van der Waals surface area contributed by atoms with Gasteiger partial charge in [-0.3, -0.25) is 4.79 Å². The van der Waals surface area contributed by atoms with Crippen molar-refractivity contribution in [3.05, 3.63) is 57.6 Å². The minimum absolute atomic E-state index is 0.245. The first-order chi connectivity index (χ1) is 11.4. The van der Waals surface area contributed by atoms with E-state index in [0.29, 0.717) is 25.2 Å². The summed E-state index contributed by atoms with van der Waals surface area (Å²) in [7, 11) is 0. The number of hydrogen-bond acceptors (Lipinski definition) is 3. The van der Waals surface area contributed by atoms with E-state index in [1.54, 1.807) is 0 Å². The van der Waals surface area contributed by atoms with Crippen LogP contribution in [0.3, 0.4) is 0 Å². The van der Waals surface area contributed by atoms with Gasteiger partial charge in [0, 0.05) is 11.4 Å². The first-order valence-corrected chi connectivity index (χ1v) is 8.42. The molecule has 24 heavy (non-hydrogen) atoms. The van der Waals surface area contributed by atoms with Gasteiger partial charge in [0.1, 0.15) is 11.5 Å². The molecule has 0 fully saturated rings. The van der Waals surface area contributed by atoms with Crippen molar-refractivity contribution in [3.8, 4) is 11.5 Å². The molecule has 0 aliphatic carbocycles. The zero-order valence-electron chi connectivity index (χ0n) is 14.6. The van der Waals surface area contributed by atoms with Crippen LogP contribution in [0.5, 0.6) is 11.5 Å². The maximum Gasteiger partial charge on any atom is 0.311 e. The Morgan fingerprint density at radius 1 is 0.917 bits per heavy atom. The molecule has 0 heterocycles. The second-order valence-electron chi connectivity index (χ2n) is 6.04. The van der Waals surface area contributed by atoms with Gasteiger partial charge in [-0.15, -0.1) is 0 Å². The first-order valence-electron chi connectivity index (χ1n) is 8.04. The van der Waals surface area contributed by atoms with Gasteiger partial charge >= 0.3 is 5.97 Å². The fourth-order valence-electron chi connectivity index (χ4n) is 2.36. The highest BCUT2D eigenvalue weighted by Gasteiger charge is 2.07. The number of benzene rings is 2. The predicted molar refractivity (Wildman–Crippen MR) is 97.2 cm³/mol. The summed E-state index contributed by atoms with van der Waals surface area (Å²) in [4.78, 5) is 11.9. The summed E-state index contributed by atoms with van der Waals surface area (Å²) in [5.74, 6) is 1.12. The molecule has 2 rings (SSSR count). The minimum atomic E-state index is -0.245. The predicted octanol–water partition coefficient (Wildman–Crippen LogP) is 5.34. The molecule has 4 heteroatoms. The lowest BCUT2D eigenvalue weighted by atomic mass is 10.1. The molecule has 2 aromatic carbocycles. The number of carbonyl (C=O) groups excluding carboxylic acids is 1. The number of rotatable bonds is 6. The summed E-state index contributed by atoms with van der Waals surface area (Å²) < 4.78 is 11.0. The third kappa shape index (κ3) is 5.00. The van der Waals surface area contributed by atoms with Crippen molar-refractivity contribution < 1.29 is 14.3 Å². The van der Waals surface area contributed by atoms with Crippen LogP contribution in [0.2, 0.25) is 5.02 Å². The zero-order chi connectivity index (χ0) is 17.7. The molecule has 0 aromatic heterocycles. The number of esters is 1. The molecule has 0 atom stereocenters. The van der Waals surface area contributed by atoms with Gasteiger partial charge in [-0.25, -0.2) is 0 Å². The van der Waals surface area contributed by atoms with E-state index < -0.39 is 0 Å². The van der Waals surface area contributed by atoms with Crippen molar-refractivity contribution in [1.82, 2.24) is 0 Å². The van der Waals surface area contributed by atoms with Crippen LogP contribution >= 0.6 is 11.6 Å². The quantitative estimate of drug-likeness (QED) is 0.402. The monoisotopic (exact) mass is 346 g/mol. The van der Waals surface area contributed by atoms with Crippen molar-refractivity contribution in [2.24, 2.45) is 0 Å². The second-order valence-corrected chi connectivity index (χ2v) is 6.42. The van der Waals surface area contributed by atoms with Gasteiger partial charge in [0.2, 0.25) is 0 Å². The van der Waals surface area contributed by atoms with Crippen molar-refractivity contribution in [2.45, 2.75) is 40.5 Å². The third-order valence-electron chi connectivity index (χ3n) is 3.91. The standard InChI is InChI=1S/C20H23ClO3/c1-13-7-8-17(10-14(13)2)24-19(22)6-5-9-23-18-11-15(3)20(21)16(4)12-18/h7-8,10-12H,5-6,9H2,1-4H3. The van der Waals surface area contributed by atoms with Crippen LogP contribution in [0.1, 0.15) is 35.1 Å². The van der Waals surface area contributed by atoms with Gasteiger partial charge in [-0.05, 0) is 80.6 Å². The molecule has 0 saturated carbocycles. The lowest BCUT2D eigenvalue weighted by Crippen LogP contribution is -2.10. The van der Waals surface area contributed by atoms with E-state index in [0.717, 1.165) is 27.5 Å². The molecule has 0 bridgehead atoms. The molecule has 3 nitrogen and oxygen atoms in total. The van der Waals surface area contributed by atoms with Gasteiger partial charge in [0.15, 0.2) is 0 Å². The van der Waals surface area contributed by atoms with E-state index >= 15 is 0 Å². The third-order valence-corrected chi connectivity index (χ3v) is 4.51. The van der Waals surface area contributed by atoms with E-state index in [2.05, 4.69) is 0 Å². The summed E-state index contributed by atoms with van der Waals surface area (Å²) in [5.41, 5.74) is 4.26. The zero-order valence-corrected chi connectivity index (χ0v) is 15.4. The van der Waals surface area contributed by atoms with Crippen molar-refractivity contribution >= 4 is 17.6 Å². The molecule has 0 N–H and O–H groups in total. The highest BCUT2D eigenvalue weighted by atomic mass is 35.5. The van der Waals surface area contributed by atoms with Gasteiger partial charge in [0.05, 0.1) is 6.61 Å². The van der Waals surface area contributed by atoms with Crippen LogP contribution in [0.15, 0.2) is 30.3 Å². The molecule has 0 radical (unpaired) electrons. The molecule has 2 aromatic rings. The van der Waals surface area contributed by atoms with Gasteiger partial charge < -0.3 is 9.47 Å². The minimum Gasteiger partial charge on any atom is -0.494 e. The van der Waals surface area contributed by atoms with E-state index in [1.165, 1.54) is 5.56 Å². The molecule has 128 valence electrons. The van der Waals surface area contributed by atoms with Crippen molar-refractivity contribution in [2.75, 3.05) is 6.61 Å². The van der Waals surface area contributed by atoms with E-state index in [-0.39, 0.29) is 5.97 Å². The number of ether oxygens (including phenoxy) is 2. The van der Waals surface area contributed by atoms with Gasteiger partial charge in [-0.1, -0.05) is 17.7 Å². The SMILES string of the molecule is Cc1ccc(OC(=O)CCCOc2cc(C)c(Cl)c(C)c2)cc1C. The molecule has 0 saturated heterocycles. The number of halogens is 1. The molecule has 0 amide bonds. The van der Waals surface area contributed by atoms with E-state index in [9.17, 15) is 4.79 Å². The highest BCUT2D eigenvalue weighted by molar-refractivity contribution is 6.32. The van der Waals surface area contributed by atoms with Crippen LogP contribution < -0.4 is 9.47 Å². The van der Waals surface area contributed by atoms with Crippen LogP contribution in [-0.2, 0) is 4.79 Å². The smallest absolute Gasteiger partial charge is 0.311 e. The Labute approximate surface area is 148 Å². The van der Waals surface area contributed by atoms with Gasteiger partial charge in [0.25, 0.3) is 0 Å². The van der Waals surface area contributed by atoms with Crippen LogP contribution in [-0.4, -0.2) is 12.6 Å². The normalized spacial score (nSPS) is 10.5. The van der Waals surface area contributed by atoms with Crippen LogP contribution in [0.25, 0.3) is 0 Å². The molecule has 0 aliphatic heterocycles. The Balaban J connectivity index is 1.77. The second kappa shape index (κ2) is 8.20. The van der Waals surface area contributed by atoms with Crippen molar-refractivity contribution in [1.29, 1.82) is 0 Å². The maximum absolute atomic E-state index is 11.9. The van der Waals surface area contributed by atoms with Crippen LogP contribution in [0.4, 0.5) is 0 Å². The Kier molecular flexibility index (Phi) is 6.27. The summed E-state index contributed by atoms with van der Waals surface area (Å²) in [5, 5.41) is 0.763. The highest BCUT2D eigenvalue weighted by Crippen LogP contribution is 2.26. The summed E-state index contributed by atoms with van der Waals surface area (Å²) in [6.07, 6.45) is 0.920. The first kappa shape index (κ1) is 18.3. The summed E-state index contributed by atoms with van der Waals surface area (Å²) in [6.45, 7) is 8.38. The number of hydrogen-bond donors (Lipinski definition) is 0. The van der Waals surface area contributed by atoms with Crippen molar-refractivity contribution in [3.63, 3.8) is 0 Å². The molecule has 0 aliphatic rings. The Morgan fingerprint density at radius 2 is 1.54 bits per heavy atom. The molecular weight excluding hydrogens is 324 g/mol. The van der Waals surface area contributed by atoms with Gasteiger partial charge in [-0.2, -0.15) is 0 Å². The lowest BCUT2D eigenvalue weighted by Gasteiger charge is -2.10. The fourth-order valence-corrected chi connectivity index (χ4v) is 2.47. The summed E-state index contributed by atoms with van der Waals surface area (Å²) >= 11 is 6.13. The molecule has 0 unspecified atom stereocenters. The fraction of sp³-hybridized carbons (Fsp3) is 0.350. The maximum atomic E-state index is 11.9. The molecular formula is C20H23ClO3. The van der Waals surface area contributed by atoms with Crippen LogP contribution in [0, 0.1) is 27.7 Å². The summed E-state index contributed by atoms with van der Waals surface area (Å²) in [6, 6.07) is 9.46. The Bertz CT molecular complexity index is 715. The van der Waals surface area contributed by atoms with E-state index in [1.807, 2.05) is 58.0 Å². The average molecular weight is 347 g/mol. The lowest BCUT2D eigenvalue weighted by molar-refractivity contribution is -0.134. The Hall–Kier alpha value is -2.00. The largest absolute Gasteiger partial charge is 0.494 e. The van der Waals surface area contributed by atoms with E-state index in [4.69, 9.17) is 21.1 Å².